The molecule has 1 heterocycles. The second-order valence-corrected chi connectivity index (χ2v) is 4.78. The van der Waals surface area contributed by atoms with Gasteiger partial charge in [0.25, 0.3) is 0 Å². The van der Waals surface area contributed by atoms with Crippen molar-refractivity contribution >= 4 is 34.0 Å². The molecule has 0 aliphatic heterocycles. The molecular weight excluding hydrogens is 276 g/mol. The van der Waals surface area contributed by atoms with Gasteiger partial charge in [0.1, 0.15) is 6.07 Å². The monoisotopic (exact) mass is 290 g/mol. The van der Waals surface area contributed by atoms with Crippen LogP contribution in [-0.4, -0.2) is 17.1 Å². The molecule has 22 heavy (non-hydrogen) atoms. The molecule has 2 aromatic carbocycles. The summed E-state index contributed by atoms with van der Waals surface area (Å²) in [7, 11) is 0. The van der Waals surface area contributed by atoms with Crippen LogP contribution in [0.1, 0.15) is 6.92 Å². The molecule has 1 aromatic heterocycles. The highest BCUT2D eigenvalue weighted by atomic mass is 16.5. The molecule has 0 N–H and O–H groups in total. The van der Waals surface area contributed by atoms with E-state index >= 15 is 0 Å². The molecule has 0 radical (unpaired) electrons. The van der Waals surface area contributed by atoms with Gasteiger partial charge in [-0.15, -0.1) is 0 Å². The molecular formula is C18H14N2O2. The first kappa shape index (κ1) is 13.9. The molecule has 4 nitrogen and oxygen atoms in total. The van der Waals surface area contributed by atoms with Crippen LogP contribution in [0.3, 0.4) is 0 Å². The second-order valence-electron chi connectivity index (χ2n) is 4.78. The van der Waals surface area contributed by atoms with E-state index in [1.807, 2.05) is 59.2 Å². The number of para-hydroxylation sites is 2. The van der Waals surface area contributed by atoms with Gasteiger partial charge in [0.05, 0.1) is 17.6 Å². The Morgan fingerprint density at radius 1 is 1.14 bits per heavy atom. The SMILES string of the molecule is CCOC(=O)C(C#N)=Cn1c2ccccc2c2ccccc21. The lowest BCUT2D eigenvalue weighted by atomic mass is 10.2. The van der Waals surface area contributed by atoms with E-state index in [2.05, 4.69) is 0 Å². The van der Waals surface area contributed by atoms with E-state index in [1.54, 1.807) is 13.1 Å². The Kier molecular flexibility index (Phi) is 3.63. The molecule has 108 valence electrons. The zero-order valence-electron chi connectivity index (χ0n) is 12.1. The van der Waals surface area contributed by atoms with Gasteiger partial charge in [0, 0.05) is 17.0 Å². The number of nitriles is 1. The molecule has 0 amide bonds. The van der Waals surface area contributed by atoms with Gasteiger partial charge in [-0.25, -0.2) is 4.79 Å². The summed E-state index contributed by atoms with van der Waals surface area (Å²) < 4.78 is 6.79. The van der Waals surface area contributed by atoms with E-state index < -0.39 is 5.97 Å². The summed E-state index contributed by atoms with van der Waals surface area (Å²) in [5, 5.41) is 11.4. The van der Waals surface area contributed by atoms with Gasteiger partial charge in [-0.2, -0.15) is 5.26 Å². The molecule has 0 saturated heterocycles. The highest BCUT2D eigenvalue weighted by Crippen LogP contribution is 2.29. The highest BCUT2D eigenvalue weighted by Gasteiger charge is 2.13. The van der Waals surface area contributed by atoms with Crippen molar-refractivity contribution in [1.82, 2.24) is 4.57 Å². The largest absolute Gasteiger partial charge is 0.462 e. The molecule has 3 rings (SSSR count). The van der Waals surface area contributed by atoms with Crippen LogP contribution in [0, 0.1) is 11.3 Å². The van der Waals surface area contributed by atoms with Gasteiger partial charge in [-0.3, -0.25) is 0 Å². The van der Waals surface area contributed by atoms with E-state index in [4.69, 9.17) is 4.74 Å². The molecule has 0 aliphatic carbocycles. The fourth-order valence-corrected chi connectivity index (χ4v) is 2.56. The van der Waals surface area contributed by atoms with Gasteiger partial charge < -0.3 is 9.30 Å². The van der Waals surface area contributed by atoms with Crippen molar-refractivity contribution in [1.29, 1.82) is 5.26 Å². The fourth-order valence-electron chi connectivity index (χ4n) is 2.56. The third-order valence-corrected chi connectivity index (χ3v) is 3.49. The number of rotatable bonds is 3. The maximum atomic E-state index is 11.8. The Labute approximate surface area is 127 Å². The number of carbonyl (C=O) groups is 1. The van der Waals surface area contributed by atoms with Crippen LogP contribution in [0.25, 0.3) is 28.0 Å². The fraction of sp³-hybridized carbons (Fsp3) is 0.111. The lowest BCUT2D eigenvalue weighted by molar-refractivity contribution is -0.137. The minimum absolute atomic E-state index is 0.0200. The van der Waals surface area contributed by atoms with Crippen molar-refractivity contribution in [2.24, 2.45) is 0 Å². The number of esters is 1. The molecule has 0 atom stereocenters. The quantitative estimate of drug-likeness (QED) is 0.419. The van der Waals surface area contributed by atoms with Gasteiger partial charge >= 0.3 is 5.97 Å². The smallest absolute Gasteiger partial charge is 0.350 e. The topological polar surface area (TPSA) is 55.0 Å². The first-order chi connectivity index (χ1) is 10.8. The van der Waals surface area contributed by atoms with Crippen molar-refractivity contribution in [2.45, 2.75) is 6.92 Å². The van der Waals surface area contributed by atoms with Gasteiger partial charge in [-0.1, -0.05) is 36.4 Å². The molecule has 4 heteroatoms. The first-order valence-corrected chi connectivity index (χ1v) is 7.03. The maximum Gasteiger partial charge on any atom is 0.350 e. The van der Waals surface area contributed by atoms with Crippen LogP contribution < -0.4 is 0 Å². The summed E-state index contributed by atoms with van der Waals surface area (Å²) in [5.41, 5.74) is 1.87. The zero-order valence-corrected chi connectivity index (χ0v) is 12.1. The van der Waals surface area contributed by atoms with Crippen molar-refractivity contribution < 1.29 is 9.53 Å². The summed E-state index contributed by atoms with van der Waals surface area (Å²) in [6.45, 7) is 1.96. The Balaban J connectivity index is 2.29. The summed E-state index contributed by atoms with van der Waals surface area (Å²) in [4.78, 5) is 11.8. The van der Waals surface area contributed by atoms with Gasteiger partial charge in [0.15, 0.2) is 5.57 Å². The molecule has 0 fully saturated rings. The maximum absolute atomic E-state index is 11.8. The predicted molar refractivity (Wildman–Crippen MR) is 86.0 cm³/mol. The number of benzene rings is 2. The van der Waals surface area contributed by atoms with E-state index in [9.17, 15) is 10.1 Å². The number of fused-ring (bicyclic) bond motifs is 3. The van der Waals surface area contributed by atoms with E-state index in [0.717, 1.165) is 21.8 Å². The Morgan fingerprint density at radius 2 is 1.68 bits per heavy atom. The molecule has 0 unspecified atom stereocenters. The Hall–Kier alpha value is -3.06. The minimum Gasteiger partial charge on any atom is -0.462 e. The number of ether oxygens (including phenoxy) is 1. The Bertz CT molecular complexity index is 876. The lowest BCUT2D eigenvalue weighted by Gasteiger charge is -2.03. The number of hydrogen-bond donors (Lipinski definition) is 0. The van der Waals surface area contributed by atoms with Crippen molar-refractivity contribution in [3.8, 4) is 6.07 Å². The van der Waals surface area contributed by atoms with Crippen LogP contribution in [0.5, 0.6) is 0 Å². The number of carbonyl (C=O) groups excluding carboxylic acids is 1. The average molecular weight is 290 g/mol. The molecule has 0 aliphatic rings. The highest BCUT2D eigenvalue weighted by molar-refractivity contribution is 6.10. The average Bonchev–Trinajstić information content (AvgIpc) is 2.87. The predicted octanol–water partition coefficient (Wildman–Crippen LogP) is 3.72. The molecule has 0 saturated carbocycles. The van der Waals surface area contributed by atoms with Crippen molar-refractivity contribution in [3.05, 3.63) is 54.1 Å². The van der Waals surface area contributed by atoms with Crippen LogP contribution >= 0.6 is 0 Å². The number of hydrogen-bond acceptors (Lipinski definition) is 3. The summed E-state index contributed by atoms with van der Waals surface area (Å²) >= 11 is 0. The van der Waals surface area contributed by atoms with Crippen LogP contribution in [0.15, 0.2) is 54.1 Å². The van der Waals surface area contributed by atoms with E-state index in [0.29, 0.717) is 0 Å². The van der Waals surface area contributed by atoms with Crippen molar-refractivity contribution in [3.63, 3.8) is 0 Å². The van der Waals surface area contributed by atoms with Crippen LogP contribution in [0.2, 0.25) is 0 Å². The van der Waals surface area contributed by atoms with Gasteiger partial charge in [0.2, 0.25) is 0 Å². The van der Waals surface area contributed by atoms with Crippen LogP contribution in [-0.2, 0) is 9.53 Å². The van der Waals surface area contributed by atoms with E-state index in [-0.39, 0.29) is 12.2 Å². The van der Waals surface area contributed by atoms with Crippen molar-refractivity contribution in [2.75, 3.05) is 6.61 Å². The second kappa shape index (κ2) is 5.74. The first-order valence-electron chi connectivity index (χ1n) is 7.03. The Morgan fingerprint density at radius 3 is 2.18 bits per heavy atom. The third-order valence-electron chi connectivity index (χ3n) is 3.49. The summed E-state index contributed by atoms with van der Waals surface area (Å²) in [6, 6.07) is 17.7. The third kappa shape index (κ3) is 2.23. The van der Waals surface area contributed by atoms with Crippen LogP contribution in [0.4, 0.5) is 0 Å². The normalized spacial score (nSPS) is 11.5. The lowest BCUT2D eigenvalue weighted by Crippen LogP contribution is -2.07. The standard InChI is InChI=1S/C18H14N2O2/c1-2-22-18(21)13(11-19)12-20-16-9-5-3-7-14(16)15-8-4-6-10-17(15)20/h3-10,12H,2H2,1H3. The minimum atomic E-state index is -0.605. The molecule has 0 spiro atoms. The number of aromatic nitrogens is 1. The zero-order chi connectivity index (χ0) is 15.5. The summed E-state index contributed by atoms with van der Waals surface area (Å²) in [6.07, 6.45) is 1.54. The summed E-state index contributed by atoms with van der Waals surface area (Å²) in [5.74, 6) is -0.605. The van der Waals surface area contributed by atoms with E-state index in [1.165, 1.54) is 0 Å². The number of nitrogens with zero attached hydrogens (tertiary/aromatic N) is 2. The molecule has 0 bridgehead atoms. The molecule has 3 aromatic rings. The van der Waals surface area contributed by atoms with Gasteiger partial charge in [-0.05, 0) is 19.1 Å².